The van der Waals surface area contributed by atoms with Gasteiger partial charge in [-0.3, -0.25) is 0 Å². The van der Waals surface area contributed by atoms with E-state index in [-0.39, 0.29) is 5.82 Å². The van der Waals surface area contributed by atoms with Crippen LogP contribution in [0.5, 0.6) is 11.5 Å². The number of methoxy groups -OCH3 is 2. The number of nitrogens with one attached hydrogen (secondary N) is 1. The summed E-state index contributed by atoms with van der Waals surface area (Å²) < 4.78 is 24.0. The molecule has 0 radical (unpaired) electrons. The highest BCUT2D eigenvalue weighted by molar-refractivity contribution is 7.71. The molecule has 18 heavy (non-hydrogen) atoms. The summed E-state index contributed by atoms with van der Waals surface area (Å²) in [7, 11) is 2.99. The fraction of sp³-hybridized carbons (Fsp3) is 0.167. The number of H-pyrrole nitrogens is 1. The maximum atomic E-state index is 13.4. The van der Waals surface area contributed by atoms with Crippen molar-refractivity contribution >= 4 is 12.2 Å². The molecule has 0 aliphatic carbocycles. The molecule has 0 bridgehead atoms. The summed E-state index contributed by atoms with van der Waals surface area (Å²) in [6.45, 7) is 0. The topological polar surface area (TPSA) is 47.1 Å². The largest absolute Gasteiger partial charge is 0.496 e. The van der Waals surface area contributed by atoms with Gasteiger partial charge in [-0.15, -0.1) is 0 Å². The second-order valence-electron chi connectivity index (χ2n) is 3.46. The summed E-state index contributed by atoms with van der Waals surface area (Å²) in [5.41, 5.74) is 1.07. The first kappa shape index (κ1) is 12.5. The Balaban J connectivity index is 2.72. The van der Waals surface area contributed by atoms with Gasteiger partial charge in [-0.1, -0.05) is 12.2 Å². The molecule has 0 fully saturated rings. The molecule has 2 aromatic rings. The van der Waals surface area contributed by atoms with Crippen molar-refractivity contribution < 1.29 is 13.9 Å². The Morgan fingerprint density at radius 1 is 1.28 bits per heavy atom. The molecule has 0 saturated carbocycles. The van der Waals surface area contributed by atoms with E-state index in [1.165, 1.54) is 32.7 Å². The van der Waals surface area contributed by atoms with Crippen molar-refractivity contribution in [2.24, 2.45) is 0 Å². The van der Waals surface area contributed by atoms with Gasteiger partial charge in [-0.2, -0.15) is 0 Å². The van der Waals surface area contributed by atoms with Gasteiger partial charge in [-0.25, -0.2) is 9.37 Å². The van der Waals surface area contributed by atoms with Crippen LogP contribution in [0, 0.1) is 10.5 Å². The Labute approximate surface area is 108 Å². The molecule has 0 aliphatic heterocycles. The minimum Gasteiger partial charge on any atom is -0.496 e. The van der Waals surface area contributed by atoms with E-state index in [2.05, 4.69) is 9.97 Å². The van der Waals surface area contributed by atoms with E-state index in [1.807, 2.05) is 0 Å². The van der Waals surface area contributed by atoms with Crippen molar-refractivity contribution in [3.05, 3.63) is 35.0 Å². The minimum atomic E-state index is -0.371. The monoisotopic (exact) mass is 266 g/mol. The first-order valence-corrected chi connectivity index (χ1v) is 5.53. The molecular formula is C12H11FN2O2S. The predicted molar refractivity (Wildman–Crippen MR) is 67.9 cm³/mol. The van der Waals surface area contributed by atoms with Crippen LogP contribution >= 0.6 is 12.2 Å². The molecule has 0 aliphatic rings. The summed E-state index contributed by atoms with van der Waals surface area (Å²) in [4.78, 5) is 6.81. The van der Waals surface area contributed by atoms with Crippen LogP contribution in [0.25, 0.3) is 11.3 Å². The van der Waals surface area contributed by atoms with Gasteiger partial charge in [0.15, 0.2) is 10.4 Å². The third-order valence-electron chi connectivity index (χ3n) is 2.45. The van der Waals surface area contributed by atoms with Gasteiger partial charge in [0.1, 0.15) is 11.6 Å². The van der Waals surface area contributed by atoms with E-state index in [0.717, 1.165) is 0 Å². The van der Waals surface area contributed by atoms with Crippen LogP contribution in [0.2, 0.25) is 0 Å². The third kappa shape index (κ3) is 2.19. The quantitative estimate of drug-likeness (QED) is 0.868. The molecule has 1 heterocycles. The molecule has 1 N–H and O–H groups in total. The highest BCUT2D eigenvalue weighted by Gasteiger charge is 2.14. The van der Waals surface area contributed by atoms with Crippen LogP contribution in [0.15, 0.2) is 24.5 Å². The number of nitrogens with zero attached hydrogens (tertiary/aromatic N) is 1. The normalized spacial score (nSPS) is 10.2. The highest BCUT2D eigenvalue weighted by atomic mass is 32.1. The SMILES string of the molecule is COc1ccc(F)cc1-c1[nH]cnc(=S)c1OC. The average Bonchev–Trinajstić information content (AvgIpc) is 2.38. The molecule has 4 nitrogen and oxygen atoms in total. The first-order valence-electron chi connectivity index (χ1n) is 5.13. The molecule has 6 heteroatoms. The van der Waals surface area contributed by atoms with E-state index < -0.39 is 0 Å². The molecular weight excluding hydrogens is 255 g/mol. The highest BCUT2D eigenvalue weighted by Crippen LogP contribution is 2.34. The molecule has 2 rings (SSSR count). The van der Waals surface area contributed by atoms with E-state index >= 15 is 0 Å². The minimum absolute atomic E-state index is 0.303. The summed E-state index contributed by atoms with van der Waals surface area (Å²) in [5.74, 6) is 0.534. The molecule has 0 amide bonds. The van der Waals surface area contributed by atoms with Gasteiger partial charge in [0, 0.05) is 5.56 Å². The van der Waals surface area contributed by atoms with Crippen LogP contribution in [0.3, 0.4) is 0 Å². The van der Waals surface area contributed by atoms with Gasteiger partial charge < -0.3 is 14.5 Å². The number of hydrogen-bond donors (Lipinski definition) is 1. The molecule has 1 aromatic heterocycles. The van der Waals surface area contributed by atoms with E-state index in [9.17, 15) is 4.39 Å². The molecule has 0 spiro atoms. The van der Waals surface area contributed by atoms with Crippen molar-refractivity contribution in [3.63, 3.8) is 0 Å². The number of aromatic amines is 1. The maximum absolute atomic E-state index is 13.4. The summed E-state index contributed by atoms with van der Waals surface area (Å²) in [5, 5.41) is 0. The average molecular weight is 266 g/mol. The van der Waals surface area contributed by atoms with Crippen LogP contribution < -0.4 is 9.47 Å². The first-order chi connectivity index (χ1) is 8.67. The Kier molecular flexibility index (Phi) is 3.57. The maximum Gasteiger partial charge on any atom is 0.179 e. The Bertz CT molecular complexity index is 628. The van der Waals surface area contributed by atoms with E-state index in [4.69, 9.17) is 21.7 Å². The number of halogens is 1. The lowest BCUT2D eigenvalue weighted by atomic mass is 10.1. The number of aromatic nitrogens is 2. The van der Waals surface area contributed by atoms with Crippen molar-refractivity contribution in [1.29, 1.82) is 0 Å². The molecule has 0 atom stereocenters. The van der Waals surface area contributed by atoms with Gasteiger partial charge in [0.25, 0.3) is 0 Å². The summed E-state index contributed by atoms with van der Waals surface area (Å²) in [6.07, 6.45) is 1.44. The van der Waals surface area contributed by atoms with Gasteiger partial charge in [0.2, 0.25) is 0 Å². The molecule has 0 saturated heterocycles. The lowest BCUT2D eigenvalue weighted by Gasteiger charge is -2.11. The number of hydrogen-bond acceptors (Lipinski definition) is 4. The Hall–Kier alpha value is -1.95. The van der Waals surface area contributed by atoms with Crippen LogP contribution in [-0.2, 0) is 0 Å². The van der Waals surface area contributed by atoms with Gasteiger partial charge >= 0.3 is 0 Å². The standard InChI is InChI=1S/C12H11FN2O2S/c1-16-9-4-3-7(13)5-8(9)10-11(17-2)12(18)15-6-14-10/h3-6H,1-2H3,(H,14,15,18). The third-order valence-corrected chi connectivity index (χ3v) is 2.74. The fourth-order valence-electron chi connectivity index (χ4n) is 1.65. The van der Waals surface area contributed by atoms with Crippen LogP contribution in [-0.4, -0.2) is 24.2 Å². The zero-order valence-electron chi connectivity index (χ0n) is 9.86. The molecule has 1 aromatic carbocycles. The number of rotatable bonds is 3. The summed E-state index contributed by atoms with van der Waals surface area (Å²) in [6, 6.07) is 4.22. The Morgan fingerprint density at radius 2 is 2.06 bits per heavy atom. The van der Waals surface area contributed by atoms with Crippen LogP contribution in [0.1, 0.15) is 0 Å². The van der Waals surface area contributed by atoms with Crippen LogP contribution in [0.4, 0.5) is 4.39 Å². The van der Waals surface area contributed by atoms with Crippen molar-refractivity contribution in [3.8, 4) is 22.8 Å². The lowest BCUT2D eigenvalue weighted by Crippen LogP contribution is -1.97. The Morgan fingerprint density at radius 3 is 2.72 bits per heavy atom. The van der Waals surface area contributed by atoms with Gasteiger partial charge in [-0.05, 0) is 18.2 Å². The van der Waals surface area contributed by atoms with Gasteiger partial charge in [0.05, 0.1) is 26.2 Å². The zero-order valence-corrected chi connectivity index (χ0v) is 10.7. The van der Waals surface area contributed by atoms with Crippen molar-refractivity contribution in [2.45, 2.75) is 0 Å². The molecule has 94 valence electrons. The van der Waals surface area contributed by atoms with E-state index in [0.29, 0.717) is 27.4 Å². The van der Waals surface area contributed by atoms with Crippen molar-refractivity contribution in [2.75, 3.05) is 14.2 Å². The zero-order chi connectivity index (χ0) is 13.1. The predicted octanol–water partition coefficient (Wildman–Crippen LogP) is 2.96. The smallest absolute Gasteiger partial charge is 0.179 e. The van der Waals surface area contributed by atoms with E-state index in [1.54, 1.807) is 6.07 Å². The number of ether oxygens (including phenoxy) is 2. The number of benzene rings is 1. The lowest BCUT2D eigenvalue weighted by molar-refractivity contribution is 0.406. The molecule has 0 unspecified atom stereocenters. The summed E-state index contributed by atoms with van der Waals surface area (Å²) >= 11 is 5.06. The second-order valence-corrected chi connectivity index (χ2v) is 3.85. The fourth-order valence-corrected chi connectivity index (χ4v) is 1.89. The second kappa shape index (κ2) is 5.14. The van der Waals surface area contributed by atoms with Crippen molar-refractivity contribution in [1.82, 2.24) is 9.97 Å².